The summed E-state index contributed by atoms with van der Waals surface area (Å²) in [4.78, 5) is 34.3. The lowest BCUT2D eigenvalue weighted by Crippen LogP contribution is -2.34. The maximum absolute atomic E-state index is 12.5. The summed E-state index contributed by atoms with van der Waals surface area (Å²) >= 11 is 3.47. The highest BCUT2D eigenvalue weighted by atomic mass is 79.9. The molecule has 2 heterocycles. The lowest BCUT2D eigenvalue weighted by atomic mass is 10.1. The van der Waals surface area contributed by atoms with Gasteiger partial charge >= 0.3 is 0 Å². The number of benzene rings is 2. The first-order valence-corrected chi connectivity index (χ1v) is 9.67. The van der Waals surface area contributed by atoms with Crippen LogP contribution in [0, 0.1) is 5.92 Å². The van der Waals surface area contributed by atoms with Gasteiger partial charge < -0.3 is 15.2 Å². The Morgan fingerprint density at radius 3 is 2.81 bits per heavy atom. The number of anilines is 1. The van der Waals surface area contributed by atoms with Gasteiger partial charge in [-0.15, -0.1) is 0 Å². The lowest BCUT2D eigenvalue weighted by molar-refractivity contribution is -0.126. The van der Waals surface area contributed by atoms with Crippen molar-refractivity contribution < 1.29 is 9.59 Å². The Hall–Kier alpha value is -2.67. The Morgan fingerprint density at radius 1 is 1.22 bits per heavy atom. The highest BCUT2D eigenvalue weighted by Gasteiger charge is 2.35. The van der Waals surface area contributed by atoms with Crippen molar-refractivity contribution in [2.45, 2.75) is 12.8 Å². The number of nitrogens with zero attached hydrogens (tertiary/aromatic N) is 2. The van der Waals surface area contributed by atoms with E-state index < -0.39 is 0 Å². The highest BCUT2D eigenvalue weighted by Crippen LogP contribution is 2.31. The molecule has 1 aliphatic heterocycles. The van der Waals surface area contributed by atoms with Crippen molar-refractivity contribution in [3.8, 4) is 0 Å². The second kappa shape index (κ2) is 7.52. The molecule has 1 aromatic heterocycles. The van der Waals surface area contributed by atoms with Crippen LogP contribution >= 0.6 is 15.9 Å². The summed E-state index contributed by atoms with van der Waals surface area (Å²) in [5, 5.41) is 2.94. The molecule has 27 heavy (non-hydrogen) atoms. The number of amides is 2. The van der Waals surface area contributed by atoms with Crippen molar-refractivity contribution in [3.63, 3.8) is 0 Å². The van der Waals surface area contributed by atoms with E-state index in [2.05, 4.69) is 31.2 Å². The number of carbonyl (C=O) groups excluding carboxylic acids is 2. The molecule has 6 nitrogen and oxygen atoms in total. The fraction of sp³-hybridized carbons (Fsp3) is 0.250. The standard InChI is InChI=1S/C20H19BrN4O2/c21-14-5-1-4-8-17(14)25-12-13(11-19(25)26)20(27)22-10-9-18-23-15-6-2-3-7-16(15)24-18/h1-8,13H,9-12H2,(H,22,27)(H,23,24). The summed E-state index contributed by atoms with van der Waals surface area (Å²) in [6.45, 7) is 0.885. The van der Waals surface area contributed by atoms with E-state index >= 15 is 0 Å². The van der Waals surface area contributed by atoms with Crippen LogP contribution in [0.3, 0.4) is 0 Å². The first-order valence-electron chi connectivity index (χ1n) is 8.88. The molecular formula is C20H19BrN4O2. The van der Waals surface area contributed by atoms with Crippen molar-refractivity contribution in [1.29, 1.82) is 0 Å². The van der Waals surface area contributed by atoms with E-state index in [9.17, 15) is 9.59 Å². The first-order chi connectivity index (χ1) is 13.1. The average molecular weight is 427 g/mol. The van der Waals surface area contributed by atoms with Crippen LogP contribution < -0.4 is 10.2 Å². The number of aromatic nitrogens is 2. The van der Waals surface area contributed by atoms with Gasteiger partial charge in [0.15, 0.2) is 0 Å². The number of carbonyl (C=O) groups is 2. The van der Waals surface area contributed by atoms with E-state index in [0.29, 0.717) is 19.5 Å². The van der Waals surface area contributed by atoms with Gasteiger partial charge in [-0.2, -0.15) is 0 Å². The zero-order valence-corrected chi connectivity index (χ0v) is 16.2. The van der Waals surface area contributed by atoms with Crippen LogP contribution in [0.1, 0.15) is 12.2 Å². The number of rotatable bonds is 5. The zero-order valence-electron chi connectivity index (χ0n) is 14.6. The third kappa shape index (κ3) is 3.73. The van der Waals surface area contributed by atoms with E-state index in [4.69, 9.17) is 0 Å². The SMILES string of the molecule is O=C(NCCc1nc2ccccc2[nH]1)C1CC(=O)N(c2ccccc2Br)C1. The minimum atomic E-state index is -0.333. The number of hydrogen-bond donors (Lipinski definition) is 2. The number of nitrogens with one attached hydrogen (secondary N) is 2. The molecule has 0 aliphatic carbocycles. The smallest absolute Gasteiger partial charge is 0.227 e. The number of H-pyrrole nitrogens is 1. The monoisotopic (exact) mass is 426 g/mol. The number of para-hydroxylation sites is 3. The Kier molecular flexibility index (Phi) is 4.94. The largest absolute Gasteiger partial charge is 0.355 e. The maximum Gasteiger partial charge on any atom is 0.227 e. The summed E-state index contributed by atoms with van der Waals surface area (Å²) in [6.07, 6.45) is 0.854. The molecule has 1 fully saturated rings. The number of fused-ring (bicyclic) bond motifs is 1. The molecular weight excluding hydrogens is 408 g/mol. The minimum absolute atomic E-state index is 0.0284. The van der Waals surface area contributed by atoms with Gasteiger partial charge in [0.1, 0.15) is 5.82 Å². The van der Waals surface area contributed by atoms with Crippen molar-refractivity contribution >= 4 is 44.5 Å². The fourth-order valence-corrected chi connectivity index (χ4v) is 3.86. The predicted molar refractivity (Wildman–Crippen MR) is 107 cm³/mol. The molecule has 0 bridgehead atoms. The zero-order chi connectivity index (χ0) is 18.8. The maximum atomic E-state index is 12.5. The summed E-state index contributed by atoms with van der Waals surface area (Å²) in [6, 6.07) is 15.4. The molecule has 0 saturated carbocycles. The van der Waals surface area contributed by atoms with E-state index in [1.807, 2.05) is 48.5 Å². The number of halogens is 1. The van der Waals surface area contributed by atoms with Crippen LogP contribution in [-0.2, 0) is 16.0 Å². The first kappa shape index (κ1) is 17.7. The second-order valence-corrected chi connectivity index (χ2v) is 7.45. The number of aromatic amines is 1. The molecule has 4 rings (SSSR count). The van der Waals surface area contributed by atoms with Gasteiger partial charge in [-0.1, -0.05) is 24.3 Å². The Labute approximate surface area is 165 Å². The molecule has 3 aromatic rings. The minimum Gasteiger partial charge on any atom is -0.355 e. The van der Waals surface area contributed by atoms with E-state index in [0.717, 1.165) is 27.0 Å². The van der Waals surface area contributed by atoms with Crippen molar-refractivity contribution in [1.82, 2.24) is 15.3 Å². The fourth-order valence-electron chi connectivity index (χ4n) is 3.36. The lowest BCUT2D eigenvalue weighted by Gasteiger charge is -2.18. The van der Waals surface area contributed by atoms with Gasteiger partial charge in [-0.3, -0.25) is 9.59 Å². The number of imidazole rings is 1. The molecule has 1 saturated heterocycles. The Morgan fingerprint density at radius 2 is 2.00 bits per heavy atom. The molecule has 138 valence electrons. The third-order valence-electron chi connectivity index (χ3n) is 4.74. The summed E-state index contributed by atoms with van der Waals surface area (Å²) < 4.78 is 0.851. The van der Waals surface area contributed by atoms with Gasteiger partial charge in [0.05, 0.1) is 22.6 Å². The van der Waals surface area contributed by atoms with E-state index in [1.54, 1.807) is 4.90 Å². The summed E-state index contributed by atoms with van der Waals surface area (Å²) in [5.74, 6) is 0.391. The molecule has 2 N–H and O–H groups in total. The molecule has 0 spiro atoms. The molecule has 2 amide bonds. The average Bonchev–Trinajstić information content (AvgIpc) is 3.25. The van der Waals surface area contributed by atoms with Gasteiger partial charge in [0, 0.05) is 30.4 Å². The topological polar surface area (TPSA) is 78.1 Å². The molecule has 1 atom stereocenters. The summed E-state index contributed by atoms with van der Waals surface area (Å²) in [5.41, 5.74) is 2.72. The van der Waals surface area contributed by atoms with E-state index in [1.165, 1.54) is 0 Å². The van der Waals surface area contributed by atoms with Crippen molar-refractivity contribution in [2.24, 2.45) is 5.92 Å². The van der Waals surface area contributed by atoms with Crippen LogP contribution in [0.15, 0.2) is 53.0 Å². The van der Waals surface area contributed by atoms with Crippen LogP contribution in [-0.4, -0.2) is 34.9 Å². The molecule has 1 unspecified atom stereocenters. The summed E-state index contributed by atoms with van der Waals surface area (Å²) in [7, 11) is 0. The molecule has 1 aliphatic rings. The van der Waals surface area contributed by atoms with E-state index in [-0.39, 0.29) is 24.2 Å². The van der Waals surface area contributed by atoms with Crippen LogP contribution in [0.5, 0.6) is 0 Å². The normalized spacial score (nSPS) is 16.9. The predicted octanol–water partition coefficient (Wildman–Crippen LogP) is 3.04. The van der Waals surface area contributed by atoms with Crippen molar-refractivity contribution in [2.75, 3.05) is 18.0 Å². The Balaban J connectivity index is 1.33. The molecule has 2 aromatic carbocycles. The van der Waals surface area contributed by atoms with Gasteiger partial charge in [-0.25, -0.2) is 4.98 Å². The van der Waals surface area contributed by atoms with Crippen LogP contribution in [0.2, 0.25) is 0 Å². The van der Waals surface area contributed by atoms with Crippen molar-refractivity contribution in [3.05, 3.63) is 58.8 Å². The van der Waals surface area contributed by atoms with Gasteiger partial charge in [-0.05, 0) is 40.2 Å². The third-order valence-corrected chi connectivity index (χ3v) is 5.41. The molecule has 0 radical (unpaired) electrons. The quantitative estimate of drug-likeness (QED) is 0.657. The van der Waals surface area contributed by atoms with Gasteiger partial charge in [0.2, 0.25) is 11.8 Å². The second-order valence-electron chi connectivity index (χ2n) is 6.60. The van der Waals surface area contributed by atoms with Crippen LogP contribution in [0.4, 0.5) is 5.69 Å². The van der Waals surface area contributed by atoms with Gasteiger partial charge in [0.25, 0.3) is 0 Å². The Bertz CT molecular complexity index is 967. The highest BCUT2D eigenvalue weighted by molar-refractivity contribution is 9.10. The molecule has 7 heteroatoms. The number of hydrogen-bond acceptors (Lipinski definition) is 3. The van der Waals surface area contributed by atoms with Crippen LogP contribution in [0.25, 0.3) is 11.0 Å².